The number of nitrogens with zero attached hydrogens (tertiary/aromatic N) is 2. The highest BCUT2D eigenvalue weighted by atomic mass is 35.5. The van der Waals surface area contributed by atoms with Crippen LogP contribution in [-0.4, -0.2) is 51.0 Å². The van der Waals surface area contributed by atoms with Crippen molar-refractivity contribution in [2.45, 2.75) is 52.6 Å². The maximum absolute atomic E-state index is 13.3. The third-order valence-electron chi connectivity index (χ3n) is 5.90. The van der Waals surface area contributed by atoms with E-state index >= 15 is 0 Å². The normalized spacial score (nSPS) is 12.2. The summed E-state index contributed by atoms with van der Waals surface area (Å²) >= 11 is 12.2. The Hall–Kier alpha value is -2.29. The van der Waals surface area contributed by atoms with E-state index in [1.54, 1.807) is 24.3 Å². The molecule has 192 valence electrons. The highest BCUT2D eigenvalue weighted by Crippen LogP contribution is 2.25. The lowest BCUT2D eigenvalue weighted by Gasteiger charge is -2.31. The summed E-state index contributed by atoms with van der Waals surface area (Å²) in [5.74, 6) is -0.520. The third-order valence-corrected chi connectivity index (χ3v) is 7.83. The van der Waals surface area contributed by atoms with Crippen molar-refractivity contribution >= 4 is 50.7 Å². The number of benzene rings is 2. The van der Waals surface area contributed by atoms with Gasteiger partial charge >= 0.3 is 0 Å². The molecule has 0 spiro atoms. The largest absolute Gasteiger partial charge is 0.357 e. The zero-order valence-electron chi connectivity index (χ0n) is 20.8. The Morgan fingerprint density at radius 2 is 1.71 bits per heavy atom. The number of amides is 2. The van der Waals surface area contributed by atoms with Gasteiger partial charge in [0.2, 0.25) is 21.8 Å². The zero-order chi connectivity index (χ0) is 26.3. The molecular formula is C25H33Cl2N3O4S. The van der Waals surface area contributed by atoms with Crippen LogP contribution >= 0.6 is 23.2 Å². The van der Waals surface area contributed by atoms with Crippen LogP contribution in [0.2, 0.25) is 10.0 Å². The second-order valence-corrected chi connectivity index (χ2v) is 11.2. The molecule has 35 heavy (non-hydrogen) atoms. The van der Waals surface area contributed by atoms with Crippen molar-refractivity contribution in [1.82, 2.24) is 10.2 Å². The van der Waals surface area contributed by atoms with Gasteiger partial charge in [-0.1, -0.05) is 42.3 Å². The molecule has 0 saturated heterocycles. The Morgan fingerprint density at radius 3 is 2.26 bits per heavy atom. The van der Waals surface area contributed by atoms with Gasteiger partial charge in [-0.2, -0.15) is 0 Å². The van der Waals surface area contributed by atoms with Crippen LogP contribution in [-0.2, 0) is 26.2 Å². The Morgan fingerprint density at radius 1 is 1.03 bits per heavy atom. The first-order valence-electron chi connectivity index (χ1n) is 11.4. The van der Waals surface area contributed by atoms with Gasteiger partial charge in [-0.3, -0.25) is 13.9 Å². The highest BCUT2D eigenvalue weighted by molar-refractivity contribution is 7.92. The molecule has 2 aromatic rings. The first-order chi connectivity index (χ1) is 16.4. The monoisotopic (exact) mass is 541 g/mol. The first-order valence-corrected chi connectivity index (χ1v) is 14.0. The number of hydrogen-bond donors (Lipinski definition) is 1. The minimum atomic E-state index is -3.54. The van der Waals surface area contributed by atoms with E-state index in [1.165, 1.54) is 16.3 Å². The Kier molecular flexibility index (Phi) is 10.4. The number of likely N-dealkylation sites (N-methyl/N-ethyl adjacent to an activating group) is 1. The molecular weight excluding hydrogens is 509 g/mol. The van der Waals surface area contributed by atoms with E-state index < -0.39 is 16.1 Å². The second kappa shape index (κ2) is 12.6. The van der Waals surface area contributed by atoms with Gasteiger partial charge in [0.25, 0.3) is 0 Å². The molecule has 0 bridgehead atoms. The number of carbonyl (C=O) groups excluding carboxylic acids is 2. The number of anilines is 1. The number of sulfonamides is 1. The summed E-state index contributed by atoms with van der Waals surface area (Å²) in [4.78, 5) is 27.3. The van der Waals surface area contributed by atoms with Crippen LogP contribution in [0.3, 0.4) is 0 Å². The number of nitrogens with one attached hydrogen (secondary N) is 1. The number of hydrogen-bond acceptors (Lipinski definition) is 4. The fraction of sp³-hybridized carbons (Fsp3) is 0.440. The van der Waals surface area contributed by atoms with Gasteiger partial charge < -0.3 is 10.2 Å². The second-order valence-electron chi connectivity index (χ2n) is 8.52. The summed E-state index contributed by atoms with van der Waals surface area (Å²) in [7, 11) is -2.02. The summed E-state index contributed by atoms with van der Waals surface area (Å²) in [5, 5.41) is 3.38. The standard InChI is InChI=1S/C25H33Cl2N3O4S/c1-6-23(25(32)28-4)29(16-19-10-12-21(26)22(27)15-19)24(31)8-7-13-30(35(5,33)34)20-11-9-17(2)18(3)14-20/h9-12,14-15,23H,6-8,13,16H2,1-5H3,(H,28,32)/t23-/m1/s1. The lowest BCUT2D eigenvalue weighted by Crippen LogP contribution is -2.48. The molecule has 0 aliphatic carbocycles. The highest BCUT2D eigenvalue weighted by Gasteiger charge is 2.28. The predicted octanol–water partition coefficient (Wildman–Crippen LogP) is 4.71. The van der Waals surface area contributed by atoms with E-state index in [2.05, 4.69) is 5.32 Å². The van der Waals surface area contributed by atoms with Gasteiger partial charge in [0.15, 0.2) is 0 Å². The number of rotatable bonds is 11. The van der Waals surface area contributed by atoms with Gasteiger partial charge in [-0.25, -0.2) is 8.42 Å². The van der Waals surface area contributed by atoms with Crippen LogP contribution in [0.1, 0.15) is 42.9 Å². The van der Waals surface area contributed by atoms with Crippen LogP contribution in [0.15, 0.2) is 36.4 Å². The van der Waals surface area contributed by atoms with Crippen LogP contribution in [0.5, 0.6) is 0 Å². The number of aryl methyl sites for hydroxylation is 2. The Labute approximate surface area is 218 Å². The predicted molar refractivity (Wildman–Crippen MR) is 142 cm³/mol. The molecule has 0 saturated carbocycles. The van der Waals surface area contributed by atoms with Gasteiger partial charge in [0, 0.05) is 26.6 Å². The maximum Gasteiger partial charge on any atom is 0.242 e. The molecule has 0 radical (unpaired) electrons. The summed E-state index contributed by atoms with van der Waals surface area (Å²) < 4.78 is 26.3. The summed E-state index contributed by atoms with van der Waals surface area (Å²) in [6.45, 7) is 6.04. The van der Waals surface area contributed by atoms with Crippen molar-refractivity contribution in [3.05, 3.63) is 63.1 Å². The zero-order valence-corrected chi connectivity index (χ0v) is 23.1. The number of halogens is 2. The number of carbonyl (C=O) groups is 2. The molecule has 0 aliphatic heterocycles. The molecule has 1 atom stereocenters. The summed E-state index contributed by atoms with van der Waals surface area (Å²) in [6, 6.07) is 9.88. The Balaban J connectivity index is 2.22. The average molecular weight is 543 g/mol. The van der Waals surface area contributed by atoms with Crippen LogP contribution in [0.25, 0.3) is 0 Å². The van der Waals surface area contributed by atoms with Crippen molar-refractivity contribution < 1.29 is 18.0 Å². The lowest BCUT2D eigenvalue weighted by molar-refractivity contribution is -0.141. The van der Waals surface area contributed by atoms with E-state index in [4.69, 9.17) is 23.2 Å². The van der Waals surface area contributed by atoms with E-state index in [9.17, 15) is 18.0 Å². The fourth-order valence-corrected chi connectivity index (χ4v) is 5.08. The summed E-state index contributed by atoms with van der Waals surface area (Å²) in [5.41, 5.74) is 3.35. The molecule has 1 N–H and O–H groups in total. The molecule has 0 unspecified atom stereocenters. The molecule has 10 heteroatoms. The molecule has 0 fully saturated rings. The molecule has 0 aliphatic rings. The molecule has 0 heterocycles. The van der Waals surface area contributed by atoms with Crippen LogP contribution in [0.4, 0.5) is 5.69 Å². The van der Waals surface area contributed by atoms with Crippen molar-refractivity contribution in [3.63, 3.8) is 0 Å². The van der Waals surface area contributed by atoms with Crippen molar-refractivity contribution in [2.24, 2.45) is 0 Å². The van der Waals surface area contributed by atoms with E-state index in [0.29, 0.717) is 28.6 Å². The van der Waals surface area contributed by atoms with Crippen LogP contribution < -0.4 is 9.62 Å². The fourth-order valence-electron chi connectivity index (χ4n) is 3.81. The molecule has 0 aromatic heterocycles. The van der Waals surface area contributed by atoms with E-state index in [-0.39, 0.29) is 31.3 Å². The SMILES string of the molecule is CC[C@H](C(=O)NC)N(Cc1ccc(Cl)c(Cl)c1)C(=O)CCCN(c1ccc(C)c(C)c1)S(C)(=O)=O. The molecule has 2 aromatic carbocycles. The first kappa shape index (κ1) is 28.9. The smallest absolute Gasteiger partial charge is 0.242 e. The quantitative estimate of drug-likeness (QED) is 0.446. The Bertz CT molecular complexity index is 1170. The topological polar surface area (TPSA) is 86.8 Å². The van der Waals surface area contributed by atoms with E-state index in [1.807, 2.05) is 32.9 Å². The maximum atomic E-state index is 13.3. The van der Waals surface area contributed by atoms with Crippen molar-refractivity contribution in [1.29, 1.82) is 0 Å². The minimum absolute atomic E-state index is 0.0751. The lowest BCUT2D eigenvalue weighted by atomic mass is 10.1. The minimum Gasteiger partial charge on any atom is -0.357 e. The summed E-state index contributed by atoms with van der Waals surface area (Å²) in [6.07, 6.45) is 1.94. The van der Waals surface area contributed by atoms with Gasteiger partial charge in [-0.15, -0.1) is 0 Å². The third kappa shape index (κ3) is 7.85. The van der Waals surface area contributed by atoms with E-state index in [0.717, 1.165) is 22.9 Å². The van der Waals surface area contributed by atoms with Crippen LogP contribution in [0, 0.1) is 13.8 Å². The van der Waals surface area contributed by atoms with Gasteiger partial charge in [0.1, 0.15) is 6.04 Å². The average Bonchev–Trinajstić information content (AvgIpc) is 2.79. The van der Waals surface area contributed by atoms with Crippen molar-refractivity contribution in [2.75, 3.05) is 24.2 Å². The van der Waals surface area contributed by atoms with Crippen molar-refractivity contribution in [3.8, 4) is 0 Å². The van der Waals surface area contributed by atoms with Gasteiger partial charge in [0.05, 0.1) is 22.0 Å². The van der Waals surface area contributed by atoms with Gasteiger partial charge in [-0.05, 0) is 67.6 Å². The molecule has 2 amide bonds. The molecule has 2 rings (SSSR count). The molecule has 7 nitrogen and oxygen atoms in total.